The number of nitrogens with zero attached hydrogens (tertiary/aromatic N) is 1. The molecule has 1 saturated carbocycles. The Morgan fingerprint density at radius 1 is 1.35 bits per heavy atom. The summed E-state index contributed by atoms with van der Waals surface area (Å²) in [5.74, 6) is 0. The summed E-state index contributed by atoms with van der Waals surface area (Å²) in [6.07, 6.45) is 8.13. The predicted octanol–water partition coefficient (Wildman–Crippen LogP) is 3.82. The maximum atomic E-state index is 4.88. The molecule has 1 aliphatic heterocycles. The van der Waals surface area contributed by atoms with Crippen molar-refractivity contribution in [3.05, 3.63) is 0 Å². The van der Waals surface area contributed by atoms with E-state index in [4.69, 9.17) is 4.99 Å². The van der Waals surface area contributed by atoms with Crippen LogP contribution in [0.2, 0.25) is 0 Å². The molecule has 1 heterocycles. The van der Waals surface area contributed by atoms with Gasteiger partial charge >= 0.3 is 0 Å². The highest BCUT2D eigenvalue weighted by molar-refractivity contribution is 8.14. The molecular weight excluding hydrogens is 228 g/mol. The fourth-order valence-corrected chi connectivity index (χ4v) is 4.29. The van der Waals surface area contributed by atoms with Gasteiger partial charge in [0.05, 0.1) is 0 Å². The average molecular weight is 254 g/mol. The fourth-order valence-electron chi connectivity index (χ4n) is 3.11. The first-order valence-corrected chi connectivity index (χ1v) is 7.99. The van der Waals surface area contributed by atoms with Gasteiger partial charge in [-0.25, -0.2) is 0 Å². The van der Waals surface area contributed by atoms with Gasteiger partial charge in [-0.05, 0) is 38.0 Å². The summed E-state index contributed by atoms with van der Waals surface area (Å²) < 4.78 is 0. The smallest absolute Gasteiger partial charge is 0.157 e. The van der Waals surface area contributed by atoms with E-state index in [1.807, 2.05) is 11.8 Å². The van der Waals surface area contributed by atoms with Gasteiger partial charge in [0, 0.05) is 17.8 Å². The molecular formula is C14H26N2S. The summed E-state index contributed by atoms with van der Waals surface area (Å²) >= 11 is 1.92. The standard InChI is InChI=1S/C14H26N2S/c1-4-14(7-5-6-8-14)10-15-13-16-11(2)9-12(3)17-13/h11-12H,4-10H2,1-3H3,(H,15,16). The highest BCUT2D eigenvalue weighted by Gasteiger charge is 2.32. The number of thioether (sulfide) groups is 1. The van der Waals surface area contributed by atoms with Crippen molar-refractivity contribution in [1.29, 1.82) is 0 Å². The van der Waals surface area contributed by atoms with E-state index in [0.717, 1.165) is 6.54 Å². The molecule has 0 radical (unpaired) electrons. The molecule has 0 bridgehead atoms. The summed E-state index contributed by atoms with van der Waals surface area (Å²) in [5, 5.41) is 5.43. The molecule has 0 aromatic carbocycles. The van der Waals surface area contributed by atoms with Gasteiger partial charge < -0.3 is 5.32 Å². The van der Waals surface area contributed by atoms with Crippen molar-refractivity contribution in [3.8, 4) is 0 Å². The van der Waals surface area contributed by atoms with Gasteiger partial charge in [-0.1, -0.05) is 38.5 Å². The van der Waals surface area contributed by atoms with Crippen molar-refractivity contribution in [2.24, 2.45) is 10.4 Å². The third kappa shape index (κ3) is 3.40. The van der Waals surface area contributed by atoms with Crippen LogP contribution < -0.4 is 5.32 Å². The van der Waals surface area contributed by atoms with Crippen LogP contribution in [0.5, 0.6) is 0 Å². The maximum absolute atomic E-state index is 4.88. The van der Waals surface area contributed by atoms with Gasteiger partial charge in [-0.3, -0.25) is 4.99 Å². The molecule has 98 valence electrons. The lowest BCUT2D eigenvalue weighted by Crippen LogP contribution is -2.39. The predicted molar refractivity (Wildman–Crippen MR) is 77.8 cm³/mol. The van der Waals surface area contributed by atoms with E-state index in [0.29, 0.717) is 16.7 Å². The first-order chi connectivity index (χ1) is 8.13. The van der Waals surface area contributed by atoms with Gasteiger partial charge in [0.1, 0.15) is 0 Å². The van der Waals surface area contributed by atoms with E-state index in [1.54, 1.807) is 0 Å². The van der Waals surface area contributed by atoms with Gasteiger partial charge in [0.25, 0.3) is 0 Å². The monoisotopic (exact) mass is 254 g/mol. The molecule has 1 saturated heterocycles. The van der Waals surface area contributed by atoms with Crippen LogP contribution in [0.3, 0.4) is 0 Å². The second-order valence-electron chi connectivity index (χ2n) is 5.89. The fraction of sp³-hybridized carbons (Fsp3) is 0.929. The lowest BCUT2D eigenvalue weighted by atomic mass is 9.84. The zero-order valence-electron chi connectivity index (χ0n) is 11.5. The molecule has 2 fully saturated rings. The summed E-state index contributed by atoms with van der Waals surface area (Å²) in [6, 6.07) is 0.589. The number of rotatable bonds is 3. The molecule has 2 atom stereocenters. The quantitative estimate of drug-likeness (QED) is 0.828. The number of aliphatic imine (C=N–C) groups is 1. The third-order valence-electron chi connectivity index (χ3n) is 4.34. The van der Waals surface area contributed by atoms with E-state index < -0.39 is 0 Å². The van der Waals surface area contributed by atoms with Crippen LogP contribution in [0.1, 0.15) is 59.3 Å². The summed E-state index contributed by atoms with van der Waals surface area (Å²) in [7, 11) is 0. The van der Waals surface area contributed by atoms with E-state index in [9.17, 15) is 0 Å². The van der Waals surface area contributed by atoms with Gasteiger partial charge in [-0.15, -0.1) is 0 Å². The summed E-state index contributed by atoms with van der Waals surface area (Å²) in [5.41, 5.74) is 0.527. The average Bonchev–Trinajstić information content (AvgIpc) is 2.74. The van der Waals surface area contributed by atoms with E-state index in [1.165, 1.54) is 43.7 Å². The molecule has 0 amide bonds. The van der Waals surface area contributed by atoms with Crippen molar-refractivity contribution in [3.63, 3.8) is 0 Å². The molecule has 0 aromatic rings. The number of hydrogen-bond acceptors (Lipinski definition) is 2. The van der Waals surface area contributed by atoms with Crippen LogP contribution in [0.4, 0.5) is 0 Å². The molecule has 1 aliphatic carbocycles. The second kappa shape index (κ2) is 5.64. The zero-order valence-corrected chi connectivity index (χ0v) is 12.3. The van der Waals surface area contributed by atoms with Crippen LogP contribution in [0.25, 0.3) is 0 Å². The Bertz CT molecular complexity index is 270. The van der Waals surface area contributed by atoms with Gasteiger partial charge in [0.15, 0.2) is 5.17 Å². The summed E-state index contributed by atoms with van der Waals surface area (Å²) in [6.45, 7) is 7.94. The van der Waals surface area contributed by atoms with Gasteiger partial charge in [0.2, 0.25) is 0 Å². The molecule has 0 spiro atoms. The SMILES string of the molecule is CCC1(CN=C2NC(C)CC(C)S2)CCCC1. The number of amidine groups is 1. The molecule has 1 N–H and O–H groups in total. The minimum Gasteiger partial charge on any atom is -0.362 e. The first-order valence-electron chi connectivity index (χ1n) is 7.11. The van der Waals surface area contributed by atoms with Crippen LogP contribution in [0, 0.1) is 5.41 Å². The molecule has 0 aromatic heterocycles. The lowest BCUT2D eigenvalue weighted by molar-refractivity contribution is 0.297. The first kappa shape index (κ1) is 13.3. The van der Waals surface area contributed by atoms with Crippen molar-refractivity contribution in [2.75, 3.05) is 6.54 Å². The van der Waals surface area contributed by atoms with Crippen molar-refractivity contribution in [2.45, 2.75) is 70.6 Å². The minimum absolute atomic E-state index is 0.527. The van der Waals surface area contributed by atoms with Crippen LogP contribution in [0.15, 0.2) is 4.99 Å². The van der Waals surface area contributed by atoms with Crippen molar-refractivity contribution >= 4 is 16.9 Å². The molecule has 2 unspecified atom stereocenters. The Kier molecular flexibility index (Phi) is 4.40. The van der Waals surface area contributed by atoms with Crippen LogP contribution in [-0.4, -0.2) is 23.0 Å². The third-order valence-corrected chi connectivity index (χ3v) is 5.41. The zero-order chi connectivity index (χ0) is 12.3. The van der Waals surface area contributed by atoms with Gasteiger partial charge in [-0.2, -0.15) is 0 Å². The van der Waals surface area contributed by atoms with Crippen LogP contribution >= 0.6 is 11.8 Å². The Balaban J connectivity index is 1.94. The second-order valence-corrected chi connectivity index (χ2v) is 7.32. The highest BCUT2D eigenvalue weighted by Crippen LogP contribution is 2.41. The minimum atomic E-state index is 0.527. The Morgan fingerprint density at radius 3 is 2.65 bits per heavy atom. The van der Waals surface area contributed by atoms with E-state index >= 15 is 0 Å². The number of hydrogen-bond donors (Lipinski definition) is 1. The molecule has 17 heavy (non-hydrogen) atoms. The van der Waals surface area contributed by atoms with Crippen molar-refractivity contribution in [1.82, 2.24) is 5.32 Å². The van der Waals surface area contributed by atoms with Crippen LogP contribution in [-0.2, 0) is 0 Å². The topological polar surface area (TPSA) is 24.4 Å². The molecule has 2 aliphatic rings. The summed E-state index contributed by atoms with van der Waals surface area (Å²) in [4.78, 5) is 4.88. The molecule has 2 rings (SSSR count). The van der Waals surface area contributed by atoms with E-state index in [2.05, 4.69) is 26.1 Å². The normalized spacial score (nSPS) is 34.9. The van der Waals surface area contributed by atoms with E-state index in [-0.39, 0.29) is 0 Å². The Labute approximate surface area is 110 Å². The number of nitrogens with one attached hydrogen (secondary N) is 1. The molecule has 3 heteroatoms. The Morgan fingerprint density at radius 2 is 2.06 bits per heavy atom. The largest absolute Gasteiger partial charge is 0.362 e. The highest BCUT2D eigenvalue weighted by atomic mass is 32.2. The lowest BCUT2D eigenvalue weighted by Gasteiger charge is -2.29. The molecule has 2 nitrogen and oxygen atoms in total. The van der Waals surface area contributed by atoms with Crippen molar-refractivity contribution < 1.29 is 0 Å². The maximum Gasteiger partial charge on any atom is 0.157 e. The Hall–Kier alpha value is -0.180.